The van der Waals surface area contributed by atoms with E-state index in [2.05, 4.69) is 171 Å². The molecular formula is C53H45IrN3OSi-2. The number of fused-ring (bicyclic) bond motifs is 6. The third kappa shape index (κ3) is 7.84. The van der Waals surface area contributed by atoms with Crippen molar-refractivity contribution in [2.24, 2.45) is 5.92 Å². The first kappa shape index (κ1) is 39.9. The SMILES string of the molecule is CC(C)Cc1cc(-c2[c-]cccc2)ncc1[Si](C)(C)C.[Ir].[c-]1ccc2c(oc3ccccc32)c1-c1nc2c3ccccc3ccc2n1-c1ccccc1-c1ccccc1. The Hall–Kier alpha value is -5.91. The molecule has 0 amide bonds. The zero-order chi connectivity index (χ0) is 39.8. The first-order chi connectivity index (χ1) is 28.2. The smallest absolute Gasteiger partial charge is 0.120 e. The van der Waals surface area contributed by atoms with Crippen molar-refractivity contribution in [3.8, 4) is 39.5 Å². The number of hydrogen-bond donors (Lipinski definition) is 0. The third-order valence-electron chi connectivity index (χ3n) is 10.8. The van der Waals surface area contributed by atoms with Crippen LogP contribution in [-0.2, 0) is 26.5 Å². The summed E-state index contributed by atoms with van der Waals surface area (Å²) in [4.78, 5) is 10.0. The summed E-state index contributed by atoms with van der Waals surface area (Å²) >= 11 is 0. The summed E-state index contributed by atoms with van der Waals surface area (Å²) in [6.45, 7) is 11.7. The van der Waals surface area contributed by atoms with Gasteiger partial charge in [-0.25, -0.2) is 0 Å². The van der Waals surface area contributed by atoms with Gasteiger partial charge in [-0.2, -0.15) is 0 Å². The minimum absolute atomic E-state index is 0. The van der Waals surface area contributed by atoms with Gasteiger partial charge in [0, 0.05) is 48.3 Å². The number of nitrogens with zero attached hydrogens (tertiary/aromatic N) is 3. The Morgan fingerprint density at radius 2 is 1.42 bits per heavy atom. The number of hydrogen-bond acceptors (Lipinski definition) is 3. The second-order valence-corrected chi connectivity index (χ2v) is 21.4. The fourth-order valence-electron chi connectivity index (χ4n) is 8.09. The van der Waals surface area contributed by atoms with Gasteiger partial charge < -0.3 is 14.0 Å². The van der Waals surface area contributed by atoms with Crippen LogP contribution in [0.25, 0.3) is 83.2 Å². The molecule has 0 saturated heterocycles. The van der Waals surface area contributed by atoms with Gasteiger partial charge in [0.25, 0.3) is 0 Å². The monoisotopic (exact) mass is 960 g/mol. The van der Waals surface area contributed by atoms with Crippen molar-refractivity contribution in [2.75, 3.05) is 0 Å². The predicted octanol–water partition coefficient (Wildman–Crippen LogP) is 13.5. The molecule has 0 bridgehead atoms. The molecular weight excluding hydrogens is 915 g/mol. The van der Waals surface area contributed by atoms with E-state index in [4.69, 9.17) is 9.40 Å². The summed E-state index contributed by atoms with van der Waals surface area (Å²) < 4.78 is 8.71. The van der Waals surface area contributed by atoms with Crippen LogP contribution < -0.4 is 5.19 Å². The van der Waals surface area contributed by atoms with Gasteiger partial charge >= 0.3 is 0 Å². The van der Waals surface area contributed by atoms with Crippen molar-refractivity contribution >= 4 is 57.0 Å². The molecule has 0 saturated carbocycles. The van der Waals surface area contributed by atoms with Crippen LogP contribution >= 0.6 is 0 Å². The molecule has 7 aromatic carbocycles. The molecule has 1 radical (unpaired) electrons. The largest absolute Gasteiger partial charge is 0.501 e. The topological polar surface area (TPSA) is 43.9 Å². The summed E-state index contributed by atoms with van der Waals surface area (Å²) in [5, 5.41) is 5.94. The zero-order valence-electron chi connectivity index (χ0n) is 34.0. The predicted molar refractivity (Wildman–Crippen MR) is 246 cm³/mol. The van der Waals surface area contributed by atoms with Gasteiger partial charge in [-0.05, 0) is 52.4 Å². The first-order valence-corrected chi connectivity index (χ1v) is 23.6. The third-order valence-corrected chi connectivity index (χ3v) is 12.8. The van der Waals surface area contributed by atoms with Crippen LogP contribution in [0.3, 0.4) is 0 Å². The Balaban J connectivity index is 0.000000197. The number of aromatic nitrogens is 3. The van der Waals surface area contributed by atoms with Crippen molar-refractivity contribution in [1.82, 2.24) is 14.5 Å². The van der Waals surface area contributed by atoms with Crippen LogP contribution in [-0.4, -0.2) is 22.6 Å². The fourth-order valence-corrected chi connectivity index (χ4v) is 9.68. The quantitative estimate of drug-likeness (QED) is 0.118. The van der Waals surface area contributed by atoms with Crippen LogP contribution in [0, 0.1) is 18.1 Å². The van der Waals surface area contributed by atoms with Gasteiger partial charge in [-0.15, -0.1) is 54.1 Å². The Labute approximate surface area is 361 Å². The molecule has 293 valence electrons. The number of imidazole rings is 1. The maximum Gasteiger partial charge on any atom is 0.120 e. The van der Waals surface area contributed by atoms with Crippen LogP contribution in [0.2, 0.25) is 19.6 Å². The van der Waals surface area contributed by atoms with E-state index in [1.165, 1.54) is 16.1 Å². The summed E-state index contributed by atoms with van der Waals surface area (Å²) in [5.74, 6) is 1.48. The molecule has 10 rings (SSSR count). The normalized spacial score (nSPS) is 11.6. The molecule has 0 fully saturated rings. The van der Waals surface area contributed by atoms with Crippen LogP contribution in [0.4, 0.5) is 0 Å². The summed E-state index contributed by atoms with van der Waals surface area (Å²) in [7, 11) is -1.34. The number of benzene rings is 7. The Bertz CT molecular complexity index is 3050. The van der Waals surface area contributed by atoms with Gasteiger partial charge in [0.1, 0.15) is 5.58 Å². The first-order valence-electron chi connectivity index (χ1n) is 20.1. The summed E-state index contributed by atoms with van der Waals surface area (Å²) in [6, 6.07) is 61.1. The molecule has 3 heterocycles. The van der Waals surface area contributed by atoms with Crippen LogP contribution in [0.1, 0.15) is 19.4 Å². The van der Waals surface area contributed by atoms with E-state index in [-0.39, 0.29) is 20.1 Å². The number of para-hydroxylation sites is 2. The summed E-state index contributed by atoms with van der Waals surface area (Å²) in [6.07, 6.45) is 3.24. The fraction of sp³-hybridized carbons (Fsp3) is 0.132. The van der Waals surface area contributed by atoms with E-state index in [1.807, 2.05) is 48.5 Å². The van der Waals surface area contributed by atoms with E-state index < -0.39 is 8.07 Å². The second kappa shape index (κ2) is 16.7. The van der Waals surface area contributed by atoms with E-state index in [1.54, 1.807) is 0 Å². The van der Waals surface area contributed by atoms with E-state index in [9.17, 15) is 0 Å². The van der Waals surface area contributed by atoms with Crippen molar-refractivity contribution in [3.63, 3.8) is 0 Å². The molecule has 0 spiro atoms. The minimum atomic E-state index is -1.34. The van der Waals surface area contributed by atoms with Crippen LogP contribution in [0.5, 0.6) is 0 Å². The second-order valence-electron chi connectivity index (χ2n) is 16.4. The van der Waals surface area contributed by atoms with E-state index >= 15 is 0 Å². The molecule has 10 aromatic rings. The molecule has 0 aliphatic carbocycles. The molecule has 0 unspecified atom stereocenters. The zero-order valence-corrected chi connectivity index (χ0v) is 37.4. The standard InChI is InChI=1S/C35H21N2O.C18H24NSi.Ir/c1-2-11-23(12-3-1)25-14-6-8-19-30(25)37-31-22-21-24-13-4-5-15-26(24)33(31)36-35(37)29-18-10-17-28-27-16-7-9-20-32(27)38-34(28)29;1-14(2)11-16-12-17(15-9-7-6-8-10-15)19-13-18(16)20(3,4)5;/h1-17,19-22H;6-9,12-14H,11H2,1-5H3;/q2*-1;. The molecule has 4 nitrogen and oxygen atoms in total. The average Bonchev–Trinajstić information content (AvgIpc) is 3.83. The number of rotatable bonds is 7. The van der Waals surface area contributed by atoms with Crippen LogP contribution in [0.15, 0.2) is 168 Å². The number of pyridine rings is 1. The Morgan fingerprint density at radius 1 is 0.695 bits per heavy atom. The maximum absolute atomic E-state index is 6.44. The van der Waals surface area contributed by atoms with E-state index in [0.29, 0.717) is 5.92 Å². The van der Waals surface area contributed by atoms with Crippen molar-refractivity contribution in [3.05, 3.63) is 182 Å². The Kier molecular flexibility index (Phi) is 11.3. The summed E-state index contributed by atoms with van der Waals surface area (Å²) in [5.41, 5.74) is 11.5. The van der Waals surface area contributed by atoms with Gasteiger partial charge in [-0.1, -0.05) is 153 Å². The van der Waals surface area contributed by atoms with Crippen molar-refractivity contribution in [2.45, 2.75) is 39.9 Å². The van der Waals surface area contributed by atoms with Crippen molar-refractivity contribution < 1.29 is 24.5 Å². The molecule has 59 heavy (non-hydrogen) atoms. The molecule has 0 aliphatic heterocycles. The minimum Gasteiger partial charge on any atom is -0.501 e. The van der Waals surface area contributed by atoms with Gasteiger partial charge in [0.05, 0.1) is 30.5 Å². The molecule has 3 aromatic heterocycles. The van der Waals surface area contributed by atoms with Gasteiger partial charge in [0.2, 0.25) is 0 Å². The molecule has 6 heteroatoms. The molecule has 0 N–H and O–H groups in total. The maximum atomic E-state index is 6.44. The number of furan rings is 1. The average molecular weight is 960 g/mol. The van der Waals surface area contributed by atoms with Gasteiger partial charge in [0.15, 0.2) is 0 Å². The molecule has 0 aliphatic rings. The van der Waals surface area contributed by atoms with Gasteiger partial charge in [-0.3, -0.25) is 4.98 Å². The van der Waals surface area contributed by atoms with E-state index in [0.717, 1.165) is 84.2 Å². The van der Waals surface area contributed by atoms with Crippen molar-refractivity contribution in [1.29, 1.82) is 0 Å². The Morgan fingerprint density at radius 3 is 2.20 bits per heavy atom. The molecule has 0 atom stereocenters.